The fourth-order valence-corrected chi connectivity index (χ4v) is 2.69. The van der Waals surface area contributed by atoms with Crippen molar-refractivity contribution in [2.24, 2.45) is 5.73 Å². The number of carbonyl (C=O) groups excluding carboxylic acids is 1. The minimum absolute atomic E-state index is 0.0241. The normalized spacial score (nSPS) is 21.9. The van der Waals surface area contributed by atoms with Gasteiger partial charge in [-0.2, -0.15) is 0 Å². The van der Waals surface area contributed by atoms with E-state index >= 15 is 0 Å². The molecule has 3 nitrogen and oxygen atoms in total. The maximum absolute atomic E-state index is 11.3. The number of hydrogen-bond acceptors (Lipinski definition) is 4. The molecule has 4 heteroatoms. The van der Waals surface area contributed by atoms with Crippen molar-refractivity contribution < 1.29 is 9.53 Å². The van der Waals surface area contributed by atoms with Gasteiger partial charge in [-0.15, -0.1) is 11.8 Å². The highest BCUT2D eigenvalue weighted by molar-refractivity contribution is 8.00. The maximum atomic E-state index is 11.3. The van der Waals surface area contributed by atoms with Gasteiger partial charge in [-0.1, -0.05) is 12.1 Å². The molecule has 1 fully saturated rings. The molecule has 2 atom stereocenters. The number of thioether (sulfide) groups is 1. The molecule has 1 aliphatic heterocycles. The van der Waals surface area contributed by atoms with Crippen LogP contribution >= 0.6 is 11.8 Å². The first-order chi connectivity index (χ1) is 7.66. The third-order valence-corrected chi connectivity index (χ3v) is 3.79. The molecule has 0 aliphatic carbocycles. The van der Waals surface area contributed by atoms with Crippen LogP contribution < -0.4 is 5.73 Å². The number of cyclic esters (lactones) is 1. The first kappa shape index (κ1) is 11.5. The average Bonchev–Trinajstić information content (AvgIpc) is 2.65. The molecule has 1 aromatic carbocycles. The maximum Gasteiger partial charge on any atom is 0.319 e. The molecule has 1 saturated heterocycles. The summed E-state index contributed by atoms with van der Waals surface area (Å²) in [6, 6.07) is 8.04. The van der Waals surface area contributed by atoms with Crippen LogP contribution in [0.4, 0.5) is 0 Å². The first-order valence-corrected chi connectivity index (χ1v) is 6.23. The summed E-state index contributed by atoms with van der Waals surface area (Å²) in [4.78, 5) is 12.4. The second kappa shape index (κ2) is 4.89. The molecule has 0 bridgehead atoms. The van der Waals surface area contributed by atoms with E-state index in [2.05, 4.69) is 0 Å². The molecule has 86 valence electrons. The Morgan fingerprint density at radius 1 is 1.56 bits per heavy atom. The van der Waals surface area contributed by atoms with Gasteiger partial charge >= 0.3 is 5.97 Å². The van der Waals surface area contributed by atoms with Gasteiger partial charge in [0.15, 0.2) is 0 Å². The Labute approximate surface area is 99.4 Å². The van der Waals surface area contributed by atoms with Crippen LogP contribution in [-0.4, -0.2) is 17.8 Å². The molecule has 0 radical (unpaired) electrons. The predicted molar refractivity (Wildman–Crippen MR) is 64.3 cm³/mol. The van der Waals surface area contributed by atoms with E-state index in [1.807, 2.05) is 31.2 Å². The van der Waals surface area contributed by atoms with Gasteiger partial charge in [0.05, 0.1) is 6.61 Å². The van der Waals surface area contributed by atoms with E-state index in [1.54, 1.807) is 11.8 Å². The van der Waals surface area contributed by atoms with Gasteiger partial charge in [0.25, 0.3) is 0 Å². The molecule has 0 saturated carbocycles. The summed E-state index contributed by atoms with van der Waals surface area (Å²) in [6.07, 6.45) is 0.798. The molecule has 0 aromatic heterocycles. The van der Waals surface area contributed by atoms with Gasteiger partial charge in [0.1, 0.15) is 5.25 Å². The molecule has 16 heavy (non-hydrogen) atoms. The quantitative estimate of drug-likeness (QED) is 0.818. The molecule has 2 unspecified atom stereocenters. The third-order valence-electron chi connectivity index (χ3n) is 2.55. The van der Waals surface area contributed by atoms with Crippen LogP contribution in [0.1, 0.15) is 24.9 Å². The Balaban J connectivity index is 2.09. The zero-order valence-electron chi connectivity index (χ0n) is 9.18. The number of nitrogens with two attached hydrogens (primary N) is 1. The van der Waals surface area contributed by atoms with E-state index in [0.29, 0.717) is 6.61 Å². The zero-order chi connectivity index (χ0) is 11.5. The molecular weight excluding hydrogens is 222 g/mol. The number of benzene rings is 1. The highest BCUT2D eigenvalue weighted by Crippen LogP contribution is 2.30. The standard InChI is InChI=1S/C12H15NO2S/c1-8(13)9-3-2-4-10(7-9)16-11-5-6-15-12(11)14/h2-4,7-8,11H,5-6,13H2,1H3. The largest absolute Gasteiger partial charge is 0.465 e. The Bertz CT molecular complexity index is 392. The molecule has 0 amide bonds. The molecule has 1 heterocycles. The molecule has 1 aliphatic rings. The van der Waals surface area contributed by atoms with Crippen molar-refractivity contribution in [1.29, 1.82) is 0 Å². The number of carbonyl (C=O) groups is 1. The molecular formula is C12H15NO2S. The monoisotopic (exact) mass is 237 g/mol. The summed E-state index contributed by atoms with van der Waals surface area (Å²) in [6.45, 7) is 2.50. The second-order valence-corrected chi connectivity index (χ2v) is 5.20. The molecule has 1 aromatic rings. The van der Waals surface area contributed by atoms with Crippen molar-refractivity contribution in [2.45, 2.75) is 29.5 Å². The SMILES string of the molecule is CC(N)c1cccc(SC2CCOC2=O)c1. The minimum Gasteiger partial charge on any atom is -0.465 e. The van der Waals surface area contributed by atoms with Crippen LogP contribution in [-0.2, 0) is 9.53 Å². The number of rotatable bonds is 3. The van der Waals surface area contributed by atoms with E-state index in [9.17, 15) is 4.79 Å². The summed E-state index contributed by atoms with van der Waals surface area (Å²) >= 11 is 1.56. The van der Waals surface area contributed by atoms with Crippen molar-refractivity contribution in [1.82, 2.24) is 0 Å². The number of ether oxygens (including phenoxy) is 1. The molecule has 2 N–H and O–H groups in total. The molecule has 2 rings (SSSR count). The van der Waals surface area contributed by atoms with Crippen LogP contribution in [0, 0.1) is 0 Å². The summed E-state index contributed by atoms with van der Waals surface area (Å²) in [5.41, 5.74) is 6.91. The third kappa shape index (κ3) is 2.57. The number of hydrogen-bond donors (Lipinski definition) is 1. The fraction of sp³-hybridized carbons (Fsp3) is 0.417. The van der Waals surface area contributed by atoms with Gasteiger partial charge < -0.3 is 10.5 Å². The lowest BCUT2D eigenvalue weighted by Crippen LogP contribution is -2.09. The van der Waals surface area contributed by atoms with E-state index < -0.39 is 0 Å². The minimum atomic E-state index is -0.101. The van der Waals surface area contributed by atoms with Crippen LogP contribution in [0.5, 0.6) is 0 Å². The zero-order valence-corrected chi connectivity index (χ0v) is 10.00. The summed E-state index contributed by atoms with van der Waals surface area (Å²) in [7, 11) is 0. The van der Waals surface area contributed by atoms with Crippen molar-refractivity contribution in [3.63, 3.8) is 0 Å². The van der Waals surface area contributed by atoms with Gasteiger partial charge in [0, 0.05) is 17.4 Å². The van der Waals surface area contributed by atoms with E-state index in [0.717, 1.165) is 16.9 Å². The Hall–Kier alpha value is -1.00. The van der Waals surface area contributed by atoms with Crippen LogP contribution in [0.25, 0.3) is 0 Å². The molecule has 0 spiro atoms. The van der Waals surface area contributed by atoms with Crippen molar-refractivity contribution in [2.75, 3.05) is 6.61 Å². The van der Waals surface area contributed by atoms with E-state index in [1.165, 1.54) is 0 Å². The first-order valence-electron chi connectivity index (χ1n) is 5.35. The van der Waals surface area contributed by atoms with Crippen molar-refractivity contribution in [3.8, 4) is 0 Å². The average molecular weight is 237 g/mol. The summed E-state index contributed by atoms with van der Waals surface area (Å²) in [5, 5.41) is -0.0525. The van der Waals surface area contributed by atoms with Gasteiger partial charge in [-0.05, 0) is 24.6 Å². The van der Waals surface area contributed by atoms with E-state index in [-0.39, 0.29) is 17.3 Å². The van der Waals surface area contributed by atoms with Crippen molar-refractivity contribution >= 4 is 17.7 Å². The Morgan fingerprint density at radius 3 is 3.00 bits per heavy atom. The van der Waals surface area contributed by atoms with Crippen LogP contribution in [0.2, 0.25) is 0 Å². The highest BCUT2D eigenvalue weighted by Gasteiger charge is 2.27. The van der Waals surface area contributed by atoms with Gasteiger partial charge in [-0.3, -0.25) is 4.79 Å². The lowest BCUT2D eigenvalue weighted by molar-refractivity contribution is -0.137. The van der Waals surface area contributed by atoms with Gasteiger partial charge in [0.2, 0.25) is 0 Å². The second-order valence-electron chi connectivity index (χ2n) is 3.92. The van der Waals surface area contributed by atoms with Gasteiger partial charge in [-0.25, -0.2) is 0 Å². The van der Waals surface area contributed by atoms with Crippen LogP contribution in [0.3, 0.4) is 0 Å². The summed E-state index contributed by atoms with van der Waals surface area (Å²) < 4.78 is 4.93. The Morgan fingerprint density at radius 2 is 2.38 bits per heavy atom. The fourth-order valence-electron chi connectivity index (χ4n) is 1.62. The summed E-state index contributed by atoms with van der Waals surface area (Å²) in [5.74, 6) is -0.101. The lowest BCUT2D eigenvalue weighted by atomic mass is 10.1. The highest BCUT2D eigenvalue weighted by atomic mass is 32.2. The van der Waals surface area contributed by atoms with Crippen LogP contribution in [0.15, 0.2) is 29.2 Å². The number of esters is 1. The Kier molecular flexibility index (Phi) is 3.51. The van der Waals surface area contributed by atoms with E-state index in [4.69, 9.17) is 10.5 Å². The predicted octanol–water partition coefficient (Wildman–Crippen LogP) is 2.11. The lowest BCUT2D eigenvalue weighted by Gasteiger charge is -2.09. The smallest absolute Gasteiger partial charge is 0.319 e. The van der Waals surface area contributed by atoms with Crippen molar-refractivity contribution in [3.05, 3.63) is 29.8 Å². The topological polar surface area (TPSA) is 52.3 Å².